The number of thioether (sulfide) groups is 1. The van der Waals surface area contributed by atoms with Crippen LogP contribution in [0.25, 0.3) is 0 Å². The molecule has 0 aromatic carbocycles. The highest BCUT2D eigenvalue weighted by Gasteiger charge is 1.85. The van der Waals surface area contributed by atoms with Gasteiger partial charge >= 0.3 is 0 Å². The first-order valence-electron chi connectivity index (χ1n) is 3.84. The Bertz CT molecular complexity index is 137. The molecule has 0 atom stereocenters. The van der Waals surface area contributed by atoms with Gasteiger partial charge in [0.15, 0.2) is 0 Å². The summed E-state index contributed by atoms with van der Waals surface area (Å²) in [6.07, 6.45) is 4.83. The average Bonchev–Trinajstić information content (AvgIpc) is 2.18. The van der Waals surface area contributed by atoms with E-state index in [0.717, 1.165) is 24.1 Å². The van der Waals surface area contributed by atoms with E-state index in [1.807, 2.05) is 0 Å². The summed E-state index contributed by atoms with van der Waals surface area (Å²) in [6.45, 7) is 3.11. The standard InChI is InChI=1S/C6H10O2S.C3H4O.H3N.H2O/c7-3-1-5-9-6-2-4-8;1-2-3-4;;/h3-4H,1-2,5-6H2;2-3H,1H2;1H3;1H2/p-1. The zero-order chi connectivity index (χ0) is 10.4. The molecule has 0 rings (SSSR count). The Balaban J connectivity index is -0.0000000883. The fourth-order valence-electron chi connectivity index (χ4n) is 0.365. The van der Waals surface area contributed by atoms with Crippen LogP contribution in [0.5, 0.6) is 0 Å². The van der Waals surface area contributed by atoms with Gasteiger partial charge in [0.05, 0.1) is 0 Å². The molecule has 0 aliphatic rings. The molecule has 6 heteroatoms. The summed E-state index contributed by atoms with van der Waals surface area (Å²) in [5, 5.41) is 0. The fraction of sp³-hybridized carbons (Fsp3) is 0.444. The third-order valence-corrected chi connectivity index (χ3v) is 1.91. The van der Waals surface area contributed by atoms with E-state index in [-0.39, 0.29) is 11.6 Å². The Kier molecular flexibility index (Phi) is 46.2. The van der Waals surface area contributed by atoms with Crippen LogP contribution in [0.2, 0.25) is 0 Å². The quantitative estimate of drug-likeness (QED) is 0.404. The molecule has 0 saturated heterocycles. The lowest BCUT2D eigenvalue weighted by Gasteiger charge is -1.90. The summed E-state index contributed by atoms with van der Waals surface area (Å²) in [6, 6.07) is 0. The van der Waals surface area contributed by atoms with E-state index in [4.69, 9.17) is 4.79 Å². The number of hydrogen-bond acceptors (Lipinski definition) is 6. The van der Waals surface area contributed by atoms with Gasteiger partial charge in [-0.05, 0) is 17.6 Å². The monoisotopic (exact) mass is 236 g/mol. The number of carbonyl (C=O) groups is 3. The van der Waals surface area contributed by atoms with E-state index in [0.29, 0.717) is 19.1 Å². The third-order valence-electron chi connectivity index (χ3n) is 0.856. The van der Waals surface area contributed by atoms with Crippen LogP contribution in [0.1, 0.15) is 12.8 Å². The Hall–Kier alpha value is -0.980. The van der Waals surface area contributed by atoms with E-state index in [1.54, 1.807) is 11.8 Å². The van der Waals surface area contributed by atoms with Crippen molar-refractivity contribution in [3.8, 4) is 0 Å². The van der Waals surface area contributed by atoms with Gasteiger partial charge in [0, 0.05) is 12.8 Å². The molecule has 0 aromatic rings. The van der Waals surface area contributed by atoms with Crippen molar-refractivity contribution < 1.29 is 19.9 Å². The normalized spacial score (nSPS) is 6.67. The van der Waals surface area contributed by atoms with Crippen molar-refractivity contribution in [2.75, 3.05) is 11.5 Å². The van der Waals surface area contributed by atoms with Crippen LogP contribution in [0.3, 0.4) is 0 Å². The van der Waals surface area contributed by atoms with Gasteiger partial charge in [-0.3, -0.25) is 4.79 Å². The second kappa shape index (κ2) is 29.2. The van der Waals surface area contributed by atoms with Crippen molar-refractivity contribution in [3.05, 3.63) is 12.7 Å². The topological polar surface area (TPSA) is 116 Å². The number of allylic oxidation sites excluding steroid dienone is 1. The van der Waals surface area contributed by atoms with Gasteiger partial charge in [0.25, 0.3) is 0 Å². The molecule has 0 radical (unpaired) electrons. The Morgan fingerprint density at radius 2 is 1.33 bits per heavy atom. The van der Waals surface area contributed by atoms with Crippen molar-refractivity contribution in [1.82, 2.24) is 6.15 Å². The number of aldehydes is 3. The van der Waals surface area contributed by atoms with Crippen LogP contribution in [0, 0.1) is 0 Å². The predicted octanol–water partition coefficient (Wildman–Crippen LogP) is 1.25. The highest BCUT2D eigenvalue weighted by Crippen LogP contribution is 2.01. The van der Waals surface area contributed by atoms with Gasteiger partial charge in [0.2, 0.25) is 0 Å². The molecule has 0 bridgehead atoms. The van der Waals surface area contributed by atoms with Gasteiger partial charge in [-0.2, -0.15) is 11.8 Å². The largest absolute Gasteiger partial charge is 0.870 e. The van der Waals surface area contributed by atoms with E-state index in [9.17, 15) is 9.59 Å². The fourth-order valence-corrected chi connectivity index (χ4v) is 1.09. The molecule has 0 unspecified atom stereocenters. The summed E-state index contributed by atoms with van der Waals surface area (Å²) >= 11 is 1.64. The highest BCUT2D eigenvalue weighted by molar-refractivity contribution is 7.99. The molecule has 5 nitrogen and oxygen atoms in total. The second-order valence-corrected chi connectivity index (χ2v) is 3.12. The van der Waals surface area contributed by atoms with Crippen LogP contribution in [-0.2, 0) is 14.4 Å². The molecule has 0 amide bonds. The number of carbonyl (C=O) groups excluding carboxylic acids is 3. The first-order valence-corrected chi connectivity index (χ1v) is 5.00. The summed E-state index contributed by atoms with van der Waals surface area (Å²) in [4.78, 5) is 28.6. The van der Waals surface area contributed by atoms with E-state index in [2.05, 4.69) is 6.58 Å². The molecule has 0 aliphatic heterocycles. The first-order chi connectivity index (χ1) is 6.33. The maximum absolute atomic E-state index is 9.75. The number of rotatable bonds is 7. The maximum atomic E-state index is 9.75. The third kappa shape index (κ3) is 43.6. The predicted molar refractivity (Wildman–Crippen MR) is 61.9 cm³/mol. The molecule has 0 aliphatic carbocycles. The van der Waals surface area contributed by atoms with Crippen LogP contribution >= 0.6 is 11.8 Å². The Labute approximate surface area is 94.2 Å². The lowest BCUT2D eigenvalue weighted by molar-refractivity contribution is -0.108. The first kappa shape index (κ1) is 23.7. The maximum Gasteiger partial charge on any atom is 0.142 e. The van der Waals surface area contributed by atoms with E-state index < -0.39 is 0 Å². The minimum absolute atomic E-state index is 0. The van der Waals surface area contributed by atoms with Crippen molar-refractivity contribution in [2.45, 2.75) is 12.8 Å². The van der Waals surface area contributed by atoms with Gasteiger partial charge < -0.3 is 21.2 Å². The molecule has 4 N–H and O–H groups in total. The summed E-state index contributed by atoms with van der Waals surface area (Å²) in [5.74, 6) is 1.69. The molecular formula is C9H18NO4S-. The van der Waals surface area contributed by atoms with Crippen molar-refractivity contribution in [3.63, 3.8) is 0 Å². The molecule has 0 fully saturated rings. The molecular weight excluding hydrogens is 218 g/mol. The summed E-state index contributed by atoms with van der Waals surface area (Å²) < 4.78 is 0. The highest BCUT2D eigenvalue weighted by atomic mass is 32.2. The SMILES string of the molecule is C=CC=O.N.O=CCCSCCC=O.[OH-]. The molecule has 0 heterocycles. The lowest BCUT2D eigenvalue weighted by Crippen LogP contribution is -1.84. The molecule has 15 heavy (non-hydrogen) atoms. The van der Waals surface area contributed by atoms with Crippen LogP contribution in [0.15, 0.2) is 12.7 Å². The van der Waals surface area contributed by atoms with Crippen LogP contribution in [-0.4, -0.2) is 35.8 Å². The molecule has 0 spiro atoms. The lowest BCUT2D eigenvalue weighted by atomic mass is 10.6. The molecule has 0 aromatic heterocycles. The van der Waals surface area contributed by atoms with Gasteiger partial charge in [-0.1, -0.05) is 6.58 Å². The minimum atomic E-state index is 0. The van der Waals surface area contributed by atoms with Gasteiger partial charge in [-0.15, -0.1) is 0 Å². The van der Waals surface area contributed by atoms with Crippen LogP contribution in [0.4, 0.5) is 0 Å². The average molecular weight is 236 g/mol. The minimum Gasteiger partial charge on any atom is -0.870 e. The zero-order valence-electron chi connectivity index (χ0n) is 8.63. The van der Waals surface area contributed by atoms with Gasteiger partial charge in [-0.25, -0.2) is 0 Å². The van der Waals surface area contributed by atoms with Crippen molar-refractivity contribution >= 4 is 30.6 Å². The van der Waals surface area contributed by atoms with E-state index >= 15 is 0 Å². The molecule has 0 saturated carbocycles. The summed E-state index contributed by atoms with van der Waals surface area (Å²) in [5.41, 5.74) is 0. The van der Waals surface area contributed by atoms with Crippen molar-refractivity contribution in [1.29, 1.82) is 0 Å². The Morgan fingerprint density at radius 3 is 1.53 bits per heavy atom. The Morgan fingerprint density at radius 1 is 1.00 bits per heavy atom. The van der Waals surface area contributed by atoms with E-state index in [1.165, 1.54) is 6.08 Å². The van der Waals surface area contributed by atoms with Gasteiger partial charge in [0.1, 0.15) is 18.9 Å². The smallest absolute Gasteiger partial charge is 0.142 e. The van der Waals surface area contributed by atoms with Crippen molar-refractivity contribution in [2.24, 2.45) is 0 Å². The summed E-state index contributed by atoms with van der Waals surface area (Å²) in [7, 11) is 0. The molecule has 90 valence electrons. The van der Waals surface area contributed by atoms with Crippen LogP contribution < -0.4 is 6.15 Å². The zero-order valence-corrected chi connectivity index (χ0v) is 9.45. The number of hydrogen-bond donors (Lipinski definition) is 1. The second-order valence-electron chi connectivity index (χ2n) is 1.89.